The third-order valence-corrected chi connectivity index (χ3v) is 4.80. The van der Waals surface area contributed by atoms with E-state index in [9.17, 15) is 14.7 Å². The van der Waals surface area contributed by atoms with E-state index >= 15 is 0 Å². The van der Waals surface area contributed by atoms with Gasteiger partial charge in [-0.25, -0.2) is 0 Å². The zero-order valence-electron chi connectivity index (χ0n) is 13.9. The Labute approximate surface area is 146 Å². The van der Waals surface area contributed by atoms with Crippen LogP contribution >= 0.6 is 0 Å². The number of aliphatic carboxylic acids is 1. The van der Waals surface area contributed by atoms with Gasteiger partial charge in [-0.3, -0.25) is 4.79 Å². The lowest BCUT2D eigenvalue weighted by Gasteiger charge is -2.39. The number of carboxylic acids is 1. The molecule has 0 heterocycles. The third-order valence-electron chi connectivity index (χ3n) is 4.80. The number of ether oxygens (including phenoxy) is 1. The standard InChI is InChI=1S/C21H20O4/c1-25-21(24)19-17(15-10-6-3-7-11-15)13-12-16(18(19)20(22)23)14-8-4-2-5-9-14/h2-13,16-19H,1H3,(H,22,23)/p-1/t16-,17-,18+,19-/m1/s1. The molecule has 0 radical (unpaired) electrons. The first-order valence-corrected chi connectivity index (χ1v) is 8.20. The van der Waals surface area contributed by atoms with Gasteiger partial charge in [-0.2, -0.15) is 0 Å². The summed E-state index contributed by atoms with van der Waals surface area (Å²) in [7, 11) is 1.28. The molecule has 2 aromatic carbocycles. The normalized spacial score (nSPS) is 25.3. The van der Waals surface area contributed by atoms with Crippen molar-refractivity contribution in [2.24, 2.45) is 11.8 Å². The summed E-state index contributed by atoms with van der Waals surface area (Å²) in [6.07, 6.45) is 3.78. The molecule has 0 fully saturated rings. The van der Waals surface area contributed by atoms with Crippen LogP contribution in [0.3, 0.4) is 0 Å². The average molecular weight is 335 g/mol. The highest BCUT2D eigenvalue weighted by atomic mass is 16.5. The van der Waals surface area contributed by atoms with Crippen LogP contribution in [0, 0.1) is 11.8 Å². The molecule has 0 saturated carbocycles. The fourth-order valence-electron chi connectivity index (χ4n) is 3.64. The molecular weight excluding hydrogens is 316 g/mol. The van der Waals surface area contributed by atoms with Crippen LogP contribution < -0.4 is 5.11 Å². The Morgan fingerprint density at radius 2 is 1.24 bits per heavy atom. The van der Waals surface area contributed by atoms with Gasteiger partial charge in [0.25, 0.3) is 0 Å². The summed E-state index contributed by atoms with van der Waals surface area (Å²) in [6.45, 7) is 0. The van der Waals surface area contributed by atoms with Crippen molar-refractivity contribution in [3.8, 4) is 0 Å². The molecule has 0 bridgehead atoms. The maximum atomic E-state index is 12.5. The highest BCUT2D eigenvalue weighted by Gasteiger charge is 2.43. The van der Waals surface area contributed by atoms with Gasteiger partial charge in [0.2, 0.25) is 0 Å². The number of esters is 1. The van der Waals surface area contributed by atoms with Crippen molar-refractivity contribution in [3.63, 3.8) is 0 Å². The van der Waals surface area contributed by atoms with Gasteiger partial charge >= 0.3 is 5.97 Å². The molecular formula is C21H19O4-. The van der Waals surface area contributed by atoms with E-state index in [0.29, 0.717) is 0 Å². The molecule has 4 heteroatoms. The minimum atomic E-state index is -1.24. The monoisotopic (exact) mass is 335 g/mol. The Morgan fingerprint density at radius 1 is 0.800 bits per heavy atom. The molecule has 128 valence electrons. The van der Waals surface area contributed by atoms with E-state index in [1.54, 1.807) is 0 Å². The SMILES string of the molecule is COC(=O)[C@H]1[C@@H](C(=O)[O-])[C@@H](c2ccccc2)C=C[C@@H]1c1ccccc1. The molecule has 0 saturated heterocycles. The van der Waals surface area contributed by atoms with Gasteiger partial charge in [0, 0.05) is 23.7 Å². The van der Waals surface area contributed by atoms with Gasteiger partial charge in [-0.1, -0.05) is 72.8 Å². The third kappa shape index (κ3) is 3.33. The number of methoxy groups -OCH3 is 1. The molecule has 0 spiro atoms. The predicted octanol–water partition coefficient (Wildman–Crippen LogP) is 2.28. The number of carboxylic acid groups (broad SMARTS) is 1. The van der Waals surface area contributed by atoms with Gasteiger partial charge in [0.1, 0.15) is 0 Å². The van der Waals surface area contributed by atoms with E-state index in [1.807, 2.05) is 72.8 Å². The lowest BCUT2D eigenvalue weighted by atomic mass is 9.66. The smallest absolute Gasteiger partial charge is 0.310 e. The summed E-state index contributed by atoms with van der Waals surface area (Å²) >= 11 is 0. The fraction of sp³-hybridized carbons (Fsp3) is 0.238. The van der Waals surface area contributed by atoms with Crippen LogP contribution in [0.2, 0.25) is 0 Å². The Bertz CT molecular complexity index is 767. The Hall–Kier alpha value is -2.88. The van der Waals surface area contributed by atoms with Crippen LogP contribution in [0.15, 0.2) is 72.8 Å². The second-order valence-corrected chi connectivity index (χ2v) is 6.15. The van der Waals surface area contributed by atoms with Crippen molar-refractivity contribution < 1.29 is 19.4 Å². The zero-order valence-corrected chi connectivity index (χ0v) is 13.9. The van der Waals surface area contributed by atoms with Crippen molar-refractivity contribution in [1.82, 2.24) is 0 Å². The van der Waals surface area contributed by atoms with Crippen LogP contribution in [-0.2, 0) is 14.3 Å². The quantitative estimate of drug-likeness (QED) is 0.635. The number of hydrogen-bond acceptors (Lipinski definition) is 4. The molecule has 2 aromatic rings. The van der Waals surface area contributed by atoms with E-state index in [1.165, 1.54) is 7.11 Å². The van der Waals surface area contributed by atoms with Crippen LogP contribution in [-0.4, -0.2) is 19.0 Å². The zero-order chi connectivity index (χ0) is 17.8. The van der Waals surface area contributed by atoms with Crippen molar-refractivity contribution in [2.75, 3.05) is 7.11 Å². The number of rotatable bonds is 4. The minimum Gasteiger partial charge on any atom is -0.550 e. The molecule has 0 aromatic heterocycles. The van der Waals surface area contributed by atoms with Gasteiger partial charge in [0.15, 0.2) is 0 Å². The van der Waals surface area contributed by atoms with Crippen molar-refractivity contribution >= 4 is 11.9 Å². The lowest BCUT2D eigenvalue weighted by Crippen LogP contribution is -2.46. The molecule has 0 aliphatic heterocycles. The summed E-state index contributed by atoms with van der Waals surface area (Å²) in [5.41, 5.74) is 1.72. The molecule has 0 unspecified atom stereocenters. The first-order valence-electron chi connectivity index (χ1n) is 8.20. The molecule has 1 aliphatic carbocycles. The number of benzene rings is 2. The molecule has 0 N–H and O–H groups in total. The maximum Gasteiger partial charge on any atom is 0.310 e. The van der Waals surface area contributed by atoms with Gasteiger partial charge in [-0.05, 0) is 11.1 Å². The van der Waals surface area contributed by atoms with Gasteiger partial charge in [0.05, 0.1) is 13.0 Å². The van der Waals surface area contributed by atoms with Gasteiger partial charge in [-0.15, -0.1) is 0 Å². The number of allylic oxidation sites excluding steroid dienone is 2. The Kier molecular flexibility index (Phi) is 4.98. The number of carbonyl (C=O) groups excluding carboxylic acids is 2. The summed E-state index contributed by atoms with van der Waals surface area (Å²) < 4.78 is 4.94. The van der Waals surface area contributed by atoms with Crippen LogP contribution in [0.1, 0.15) is 23.0 Å². The summed E-state index contributed by atoms with van der Waals surface area (Å²) in [4.78, 5) is 24.5. The van der Waals surface area contributed by atoms with Gasteiger partial charge < -0.3 is 14.6 Å². The van der Waals surface area contributed by atoms with Crippen molar-refractivity contribution in [1.29, 1.82) is 0 Å². The number of hydrogen-bond donors (Lipinski definition) is 0. The maximum absolute atomic E-state index is 12.5. The fourth-order valence-corrected chi connectivity index (χ4v) is 3.64. The average Bonchev–Trinajstić information content (AvgIpc) is 2.67. The molecule has 3 rings (SSSR count). The first kappa shape index (κ1) is 17.0. The first-order chi connectivity index (χ1) is 12.1. The minimum absolute atomic E-state index is 0.364. The molecule has 4 nitrogen and oxygen atoms in total. The number of carbonyl (C=O) groups is 2. The van der Waals surface area contributed by atoms with E-state index in [-0.39, 0.29) is 5.92 Å². The Morgan fingerprint density at radius 3 is 1.64 bits per heavy atom. The highest BCUT2D eigenvalue weighted by molar-refractivity contribution is 5.83. The van der Waals surface area contributed by atoms with E-state index in [2.05, 4.69) is 0 Å². The van der Waals surface area contributed by atoms with Crippen LogP contribution in [0.4, 0.5) is 0 Å². The second kappa shape index (κ2) is 7.34. The largest absolute Gasteiger partial charge is 0.550 e. The van der Waals surface area contributed by atoms with E-state index in [0.717, 1.165) is 11.1 Å². The van der Waals surface area contributed by atoms with E-state index < -0.39 is 29.7 Å². The molecule has 1 aliphatic rings. The summed E-state index contributed by atoms with van der Waals surface area (Å²) in [5, 5.41) is 12.0. The predicted molar refractivity (Wildman–Crippen MR) is 91.5 cm³/mol. The molecule has 25 heavy (non-hydrogen) atoms. The summed E-state index contributed by atoms with van der Waals surface area (Å²) in [5.74, 6) is -4.41. The van der Waals surface area contributed by atoms with E-state index in [4.69, 9.17) is 4.74 Å². The topological polar surface area (TPSA) is 66.4 Å². The summed E-state index contributed by atoms with van der Waals surface area (Å²) in [6, 6.07) is 18.7. The molecule has 4 atom stereocenters. The molecule has 0 amide bonds. The van der Waals surface area contributed by atoms with Crippen molar-refractivity contribution in [2.45, 2.75) is 11.8 Å². The second-order valence-electron chi connectivity index (χ2n) is 6.15. The van der Waals surface area contributed by atoms with Crippen LogP contribution in [0.25, 0.3) is 0 Å². The van der Waals surface area contributed by atoms with Crippen LogP contribution in [0.5, 0.6) is 0 Å². The van der Waals surface area contributed by atoms with Crippen molar-refractivity contribution in [3.05, 3.63) is 83.9 Å². The Balaban J connectivity index is 2.10. The highest BCUT2D eigenvalue weighted by Crippen LogP contribution is 2.44. The lowest BCUT2D eigenvalue weighted by molar-refractivity contribution is -0.314.